The molecule has 0 aromatic heterocycles. The minimum absolute atomic E-state index is 0.0842. The third kappa shape index (κ3) is 5.81. The number of nitrogens with zero attached hydrogens (tertiary/aromatic N) is 1. The van der Waals surface area contributed by atoms with Crippen molar-refractivity contribution in [2.75, 3.05) is 20.2 Å². The van der Waals surface area contributed by atoms with Gasteiger partial charge in [-0.2, -0.15) is 0 Å². The first-order chi connectivity index (χ1) is 10.3. The molecule has 0 aliphatic carbocycles. The summed E-state index contributed by atoms with van der Waals surface area (Å²) >= 11 is 0. The van der Waals surface area contributed by atoms with Gasteiger partial charge in [-0.15, -0.1) is 0 Å². The summed E-state index contributed by atoms with van der Waals surface area (Å²) in [5.41, 5.74) is 0.674. The first-order valence-corrected chi connectivity index (χ1v) is 7.11. The number of methoxy groups -OCH3 is 1. The predicted molar refractivity (Wildman–Crippen MR) is 79.5 cm³/mol. The van der Waals surface area contributed by atoms with E-state index in [0.29, 0.717) is 5.56 Å². The largest absolute Gasteiger partial charge is 0.469 e. The molecule has 6 heteroatoms. The zero-order chi connectivity index (χ0) is 16.7. The topological polar surface area (TPSA) is 66.8 Å². The highest BCUT2D eigenvalue weighted by Gasteiger charge is 2.22. The molecule has 1 rings (SSSR count). The molecule has 0 bridgehead atoms. The summed E-state index contributed by atoms with van der Waals surface area (Å²) in [6, 6.07) is 5.66. The molecular weight excluding hydrogens is 289 g/mol. The normalized spacial score (nSPS) is 13.3. The molecule has 2 atom stereocenters. The van der Waals surface area contributed by atoms with E-state index in [4.69, 9.17) is 0 Å². The van der Waals surface area contributed by atoms with Crippen LogP contribution in [-0.2, 0) is 20.7 Å². The number of halogens is 1. The highest BCUT2D eigenvalue weighted by atomic mass is 19.1. The fraction of sp³-hybridized carbons (Fsp3) is 0.500. The molecule has 0 fully saturated rings. The van der Waals surface area contributed by atoms with Crippen molar-refractivity contribution in [2.24, 2.45) is 5.92 Å². The molecule has 2 unspecified atom stereocenters. The Labute approximate surface area is 129 Å². The van der Waals surface area contributed by atoms with E-state index in [2.05, 4.69) is 4.74 Å². The summed E-state index contributed by atoms with van der Waals surface area (Å²) < 4.78 is 17.5. The van der Waals surface area contributed by atoms with Gasteiger partial charge in [-0.3, -0.25) is 9.59 Å². The molecule has 22 heavy (non-hydrogen) atoms. The number of amides is 1. The molecular formula is C16H22FNO4. The molecule has 0 aliphatic rings. The zero-order valence-electron chi connectivity index (χ0n) is 13.1. The van der Waals surface area contributed by atoms with Crippen molar-refractivity contribution in [2.45, 2.75) is 26.4 Å². The van der Waals surface area contributed by atoms with Gasteiger partial charge in [0.05, 0.1) is 25.6 Å². The number of hydrogen-bond acceptors (Lipinski definition) is 4. The van der Waals surface area contributed by atoms with Crippen LogP contribution < -0.4 is 0 Å². The number of aliphatic hydroxyl groups is 1. The molecule has 0 radical (unpaired) electrons. The molecule has 1 aromatic rings. The van der Waals surface area contributed by atoms with E-state index in [1.54, 1.807) is 13.8 Å². The van der Waals surface area contributed by atoms with Gasteiger partial charge in [0, 0.05) is 13.1 Å². The maximum absolute atomic E-state index is 12.9. The molecule has 0 aliphatic heterocycles. The van der Waals surface area contributed by atoms with Gasteiger partial charge in [0.1, 0.15) is 5.82 Å². The maximum Gasteiger partial charge on any atom is 0.310 e. The van der Waals surface area contributed by atoms with Gasteiger partial charge in [0.25, 0.3) is 0 Å². The second-order valence-corrected chi connectivity index (χ2v) is 5.38. The Kier molecular flexibility index (Phi) is 6.98. The molecule has 1 aromatic carbocycles. The number of esters is 1. The summed E-state index contributed by atoms with van der Waals surface area (Å²) in [5, 5.41) is 9.52. The Balaban J connectivity index is 2.75. The van der Waals surface area contributed by atoms with Crippen molar-refractivity contribution < 1.29 is 23.8 Å². The third-order valence-corrected chi connectivity index (χ3v) is 3.20. The predicted octanol–water partition coefficient (Wildman–Crippen LogP) is 1.39. The van der Waals surface area contributed by atoms with Gasteiger partial charge in [0.15, 0.2) is 0 Å². The summed E-state index contributed by atoms with van der Waals surface area (Å²) in [6.45, 7) is 3.52. The van der Waals surface area contributed by atoms with E-state index in [1.807, 2.05) is 0 Å². The second-order valence-electron chi connectivity index (χ2n) is 5.38. The highest BCUT2D eigenvalue weighted by molar-refractivity contribution is 5.80. The molecule has 1 N–H and O–H groups in total. The number of rotatable bonds is 7. The summed E-state index contributed by atoms with van der Waals surface area (Å²) in [4.78, 5) is 25.3. The Morgan fingerprint density at radius 1 is 1.23 bits per heavy atom. The Morgan fingerprint density at radius 3 is 2.32 bits per heavy atom. The average Bonchev–Trinajstić information content (AvgIpc) is 2.47. The molecule has 0 heterocycles. The van der Waals surface area contributed by atoms with E-state index in [-0.39, 0.29) is 31.2 Å². The number of carbonyl (C=O) groups excluding carboxylic acids is 2. The van der Waals surface area contributed by atoms with Crippen LogP contribution in [0.4, 0.5) is 4.39 Å². The smallest absolute Gasteiger partial charge is 0.310 e. The Hall–Kier alpha value is -1.95. The molecule has 122 valence electrons. The molecule has 0 saturated heterocycles. The zero-order valence-corrected chi connectivity index (χ0v) is 13.1. The van der Waals surface area contributed by atoms with Crippen LogP contribution in [0.2, 0.25) is 0 Å². The minimum atomic E-state index is -0.706. The minimum Gasteiger partial charge on any atom is -0.469 e. The van der Waals surface area contributed by atoms with Crippen LogP contribution in [0.25, 0.3) is 0 Å². The van der Waals surface area contributed by atoms with Crippen molar-refractivity contribution in [3.63, 3.8) is 0 Å². The van der Waals surface area contributed by atoms with Crippen LogP contribution in [0.1, 0.15) is 19.4 Å². The lowest BCUT2D eigenvalue weighted by molar-refractivity contribution is -0.146. The van der Waals surface area contributed by atoms with E-state index < -0.39 is 18.0 Å². The van der Waals surface area contributed by atoms with Gasteiger partial charge in [-0.1, -0.05) is 19.1 Å². The van der Waals surface area contributed by atoms with Gasteiger partial charge >= 0.3 is 5.97 Å². The quantitative estimate of drug-likeness (QED) is 0.773. The van der Waals surface area contributed by atoms with E-state index >= 15 is 0 Å². The molecule has 1 amide bonds. The lowest BCUT2D eigenvalue weighted by Crippen LogP contribution is -2.41. The fourth-order valence-corrected chi connectivity index (χ4v) is 2.09. The lowest BCUT2D eigenvalue weighted by Gasteiger charge is -2.26. The number of carbonyl (C=O) groups is 2. The van der Waals surface area contributed by atoms with Crippen molar-refractivity contribution in [1.82, 2.24) is 4.90 Å². The first-order valence-electron chi connectivity index (χ1n) is 7.11. The number of hydrogen-bond donors (Lipinski definition) is 1. The first kappa shape index (κ1) is 18.1. The standard InChI is InChI=1S/C16H22FNO4/c1-11(16(21)22-3)9-18(10-12(2)19)15(20)8-13-4-6-14(17)7-5-13/h4-7,11-12,19H,8-10H2,1-3H3. The van der Waals surface area contributed by atoms with Crippen LogP contribution in [0.15, 0.2) is 24.3 Å². The Bertz CT molecular complexity index is 501. The maximum atomic E-state index is 12.9. The van der Waals surface area contributed by atoms with Crippen molar-refractivity contribution in [1.29, 1.82) is 0 Å². The molecule has 5 nitrogen and oxygen atoms in total. The van der Waals surface area contributed by atoms with Gasteiger partial charge in [-0.25, -0.2) is 4.39 Å². The van der Waals surface area contributed by atoms with Crippen LogP contribution >= 0.6 is 0 Å². The number of aliphatic hydroxyl groups excluding tert-OH is 1. The number of ether oxygens (including phenoxy) is 1. The van der Waals surface area contributed by atoms with E-state index in [9.17, 15) is 19.1 Å². The summed E-state index contributed by atoms with van der Waals surface area (Å²) in [7, 11) is 1.29. The molecule has 0 spiro atoms. The van der Waals surface area contributed by atoms with Gasteiger partial charge < -0.3 is 14.7 Å². The van der Waals surface area contributed by atoms with Gasteiger partial charge in [-0.05, 0) is 24.6 Å². The monoisotopic (exact) mass is 311 g/mol. The van der Waals surface area contributed by atoms with Crippen LogP contribution in [-0.4, -0.2) is 48.2 Å². The second kappa shape index (κ2) is 8.48. The van der Waals surface area contributed by atoms with Crippen LogP contribution in [0.5, 0.6) is 0 Å². The van der Waals surface area contributed by atoms with Gasteiger partial charge in [0.2, 0.25) is 5.91 Å². The van der Waals surface area contributed by atoms with Crippen LogP contribution in [0.3, 0.4) is 0 Å². The molecule has 0 saturated carbocycles. The SMILES string of the molecule is COC(=O)C(C)CN(CC(C)O)C(=O)Cc1ccc(F)cc1. The average molecular weight is 311 g/mol. The number of benzene rings is 1. The lowest BCUT2D eigenvalue weighted by atomic mass is 10.1. The van der Waals surface area contributed by atoms with E-state index in [1.165, 1.54) is 36.3 Å². The van der Waals surface area contributed by atoms with Crippen LogP contribution in [0, 0.1) is 11.7 Å². The summed E-state index contributed by atoms with van der Waals surface area (Å²) in [5.74, 6) is -1.49. The fourth-order valence-electron chi connectivity index (χ4n) is 2.09. The Morgan fingerprint density at radius 2 is 1.82 bits per heavy atom. The third-order valence-electron chi connectivity index (χ3n) is 3.20. The van der Waals surface area contributed by atoms with E-state index in [0.717, 1.165) is 0 Å². The van der Waals surface area contributed by atoms with Crippen molar-refractivity contribution in [3.8, 4) is 0 Å². The van der Waals surface area contributed by atoms with Crippen molar-refractivity contribution >= 4 is 11.9 Å². The highest BCUT2D eigenvalue weighted by Crippen LogP contribution is 2.09. The summed E-state index contributed by atoms with van der Waals surface area (Å²) in [6.07, 6.45) is -0.622. The van der Waals surface area contributed by atoms with Crippen molar-refractivity contribution in [3.05, 3.63) is 35.6 Å².